The minimum Gasteiger partial charge on any atom is -0.320 e. The SMILES string of the molecule is CCc1ccc(C(N)c2ccc(F)c(Cl)c2)cc1. The molecule has 0 saturated heterocycles. The molecule has 2 aromatic carbocycles. The Labute approximate surface area is 111 Å². The fourth-order valence-electron chi connectivity index (χ4n) is 1.86. The number of rotatable bonds is 3. The highest BCUT2D eigenvalue weighted by Crippen LogP contribution is 2.24. The Hall–Kier alpha value is -1.38. The lowest BCUT2D eigenvalue weighted by atomic mass is 9.98. The van der Waals surface area contributed by atoms with Gasteiger partial charge in [-0.15, -0.1) is 0 Å². The van der Waals surface area contributed by atoms with Gasteiger partial charge in [0.05, 0.1) is 11.1 Å². The van der Waals surface area contributed by atoms with Crippen molar-refractivity contribution in [3.05, 3.63) is 70.0 Å². The van der Waals surface area contributed by atoms with Crippen molar-refractivity contribution in [1.82, 2.24) is 0 Å². The molecule has 0 heterocycles. The predicted molar refractivity (Wildman–Crippen MR) is 73.3 cm³/mol. The number of benzene rings is 2. The van der Waals surface area contributed by atoms with Crippen LogP contribution in [0, 0.1) is 5.82 Å². The van der Waals surface area contributed by atoms with Gasteiger partial charge >= 0.3 is 0 Å². The summed E-state index contributed by atoms with van der Waals surface area (Å²) in [6, 6.07) is 12.4. The molecule has 1 atom stereocenters. The molecular formula is C15H15ClFN. The fraction of sp³-hybridized carbons (Fsp3) is 0.200. The standard InChI is InChI=1S/C15H15ClFN/c1-2-10-3-5-11(6-4-10)15(18)12-7-8-14(17)13(16)9-12/h3-9,15H,2,18H2,1H3. The van der Waals surface area contributed by atoms with Crippen LogP contribution in [0.5, 0.6) is 0 Å². The smallest absolute Gasteiger partial charge is 0.141 e. The van der Waals surface area contributed by atoms with Crippen molar-refractivity contribution in [1.29, 1.82) is 0 Å². The van der Waals surface area contributed by atoms with Crippen molar-refractivity contribution in [2.24, 2.45) is 5.73 Å². The molecule has 0 radical (unpaired) electrons. The normalized spacial score (nSPS) is 12.4. The molecule has 94 valence electrons. The van der Waals surface area contributed by atoms with E-state index in [1.54, 1.807) is 12.1 Å². The van der Waals surface area contributed by atoms with E-state index < -0.39 is 5.82 Å². The summed E-state index contributed by atoms with van der Waals surface area (Å²) >= 11 is 5.76. The Bertz CT molecular complexity index is 537. The average Bonchev–Trinajstić information content (AvgIpc) is 2.41. The summed E-state index contributed by atoms with van der Waals surface area (Å²) in [7, 11) is 0. The van der Waals surface area contributed by atoms with E-state index in [4.69, 9.17) is 17.3 Å². The largest absolute Gasteiger partial charge is 0.320 e. The third kappa shape index (κ3) is 2.71. The average molecular weight is 264 g/mol. The zero-order valence-electron chi connectivity index (χ0n) is 10.2. The summed E-state index contributed by atoms with van der Waals surface area (Å²) in [5.41, 5.74) is 9.22. The van der Waals surface area contributed by atoms with E-state index >= 15 is 0 Å². The molecule has 0 aromatic heterocycles. The van der Waals surface area contributed by atoms with E-state index in [-0.39, 0.29) is 11.1 Å². The third-order valence-corrected chi connectivity index (χ3v) is 3.34. The zero-order valence-corrected chi connectivity index (χ0v) is 10.9. The van der Waals surface area contributed by atoms with Crippen LogP contribution >= 0.6 is 11.6 Å². The van der Waals surface area contributed by atoms with Gasteiger partial charge in [-0.1, -0.05) is 48.9 Å². The highest BCUT2D eigenvalue weighted by Gasteiger charge is 2.10. The molecule has 2 aromatic rings. The molecule has 0 saturated carbocycles. The van der Waals surface area contributed by atoms with Crippen molar-refractivity contribution in [3.63, 3.8) is 0 Å². The lowest BCUT2D eigenvalue weighted by Crippen LogP contribution is -2.11. The first kappa shape index (κ1) is 13.1. The lowest BCUT2D eigenvalue weighted by molar-refractivity contribution is 0.627. The van der Waals surface area contributed by atoms with Gasteiger partial charge in [-0.05, 0) is 35.2 Å². The second-order valence-electron chi connectivity index (χ2n) is 4.25. The highest BCUT2D eigenvalue weighted by atomic mass is 35.5. The summed E-state index contributed by atoms with van der Waals surface area (Å²) in [6.07, 6.45) is 0.998. The van der Waals surface area contributed by atoms with Gasteiger partial charge in [0, 0.05) is 0 Å². The van der Waals surface area contributed by atoms with Gasteiger partial charge in [-0.2, -0.15) is 0 Å². The number of hydrogen-bond donors (Lipinski definition) is 1. The maximum Gasteiger partial charge on any atom is 0.141 e. The van der Waals surface area contributed by atoms with Gasteiger partial charge in [-0.3, -0.25) is 0 Å². The van der Waals surface area contributed by atoms with Crippen LogP contribution in [0.1, 0.15) is 29.7 Å². The quantitative estimate of drug-likeness (QED) is 0.887. The molecule has 0 bridgehead atoms. The van der Waals surface area contributed by atoms with Crippen LogP contribution in [0.2, 0.25) is 5.02 Å². The van der Waals surface area contributed by atoms with Gasteiger partial charge in [0.25, 0.3) is 0 Å². The zero-order chi connectivity index (χ0) is 13.1. The van der Waals surface area contributed by atoms with Crippen molar-refractivity contribution in [2.45, 2.75) is 19.4 Å². The van der Waals surface area contributed by atoms with Gasteiger partial charge in [0.2, 0.25) is 0 Å². The van der Waals surface area contributed by atoms with E-state index in [9.17, 15) is 4.39 Å². The van der Waals surface area contributed by atoms with Gasteiger partial charge in [0.1, 0.15) is 5.82 Å². The third-order valence-electron chi connectivity index (χ3n) is 3.05. The summed E-state index contributed by atoms with van der Waals surface area (Å²) in [6.45, 7) is 2.11. The molecule has 0 amide bonds. The van der Waals surface area contributed by atoms with Crippen molar-refractivity contribution >= 4 is 11.6 Å². The Kier molecular flexibility index (Phi) is 4.00. The van der Waals surface area contributed by atoms with E-state index in [2.05, 4.69) is 19.1 Å². The van der Waals surface area contributed by atoms with Crippen molar-refractivity contribution in [3.8, 4) is 0 Å². The predicted octanol–water partition coefficient (Wildman–Crippen LogP) is 4.09. The minimum absolute atomic E-state index is 0.105. The highest BCUT2D eigenvalue weighted by molar-refractivity contribution is 6.30. The van der Waals surface area contributed by atoms with Crippen LogP contribution in [-0.4, -0.2) is 0 Å². The molecule has 0 spiro atoms. The Morgan fingerprint density at radius 3 is 2.28 bits per heavy atom. The Balaban J connectivity index is 2.28. The summed E-state index contributed by atoms with van der Waals surface area (Å²) in [5.74, 6) is -0.422. The van der Waals surface area contributed by atoms with E-state index in [0.29, 0.717) is 0 Å². The second kappa shape index (κ2) is 5.51. The van der Waals surface area contributed by atoms with E-state index in [0.717, 1.165) is 17.5 Å². The molecule has 1 nitrogen and oxygen atoms in total. The molecule has 0 aliphatic carbocycles. The molecule has 0 fully saturated rings. The first-order valence-electron chi connectivity index (χ1n) is 5.91. The molecule has 1 unspecified atom stereocenters. The van der Waals surface area contributed by atoms with Crippen LogP contribution in [0.15, 0.2) is 42.5 Å². The van der Waals surface area contributed by atoms with Crippen LogP contribution in [-0.2, 0) is 6.42 Å². The monoisotopic (exact) mass is 263 g/mol. The van der Waals surface area contributed by atoms with Crippen LogP contribution in [0.4, 0.5) is 4.39 Å². The van der Waals surface area contributed by atoms with Crippen molar-refractivity contribution < 1.29 is 4.39 Å². The number of halogens is 2. The maximum absolute atomic E-state index is 13.1. The first-order valence-corrected chi connectivity index (χ1v) is 6.29. The molecule has 0 aliphatic heterocycles. The van der Waals surface area contributed by atoms with Gasteiger partial charge < -0.3 is 5.73 Å². The molecule has 0 aliphatic rings. The lowest BCUT2D eigenvalue weighted by Gasteiger charge is -2.13. The van der Waals surface area contributed by atoms with Gasteiger partial charge in [0.15, 0.2) is 0 Å². The molecule has 2 rings (SSSR count). The maximum atomic E-state index is 13.1. The Morgan fingerprint density at radius 2 is 1.72 bits per heavy atom. The minimum atomic E-state index is -0.422. The van der Waals surface area contributed by atoms with Crippen LogP contribution in [0.3, 0.4) is 0 Å². The van der Waals surface area contributed by atoms with E-state index in [1.807, 2.05) is 12.1 Å². The van der Waals surface area contributed by atoms with Gasteiger partial charge in [-0.25, -0.2) is 4.39 Å². The van der Waals surface area contributed by atoms with Crippen LogP contribution in [0.25, 0.3) is 0 Å². The number of hydrogen-bond acceptors (Lipinski definition) is 1. The Morgan fingerprint density at radius 1 is 1.11 bits per heavy atom. The number of aryl methyl sites for hydroxylation is 1. The fourth-order valence-corrected chi connectivity index (χ4v) is 2.05. The summed E-state index contributed by atoms with van der Waals surface area (Å²) in [4.78, 5) is 0. The number of nitrogens with two attached hydrogens (primary N) is 1. The molecule has 2 N–H and O–H groups in total. The van der Waals surface area contributed by atoms with Crippen molar-refractivity contribution in [2.75, 3.05) is 0 Å². The van der Waals surface area contributed by atoms with Crippen LogP contribution < -0.4 is 5.73 Å². The first-order chi connectivity index (χ1) is 8.61. The summed E-state index contributed by atoms with van der Waals surface area (Å²) < 4.78 is 13.1. The molecular weight excluding hydrogens is 249 g/mol. The topological polar surface area (TPSA) is 26.0 Å². The second-order valence-corrected chi connectivity index (χ2v) is 4.65. The summed E-state index contributed by atoms with van der Waals surface area (Å²) in [5, 5.41) is 0.105. The molecule has 3 heteroatoms. The molecule has 18 heavy (non-hydrogen) atoms. The van der Waals surface area contributed by atoms with E-state index in [1.165, 1.54) is 11.6 Å².